The summed E-state index contributed by atoms with van der Waals surface area (Å²) in [5.41, 5.74) is 4.02. The molecule has 0 saturated carbocycles. The van der Waals surface area contributed by atoms with Gasteiger partial charge < -0.3 is 0 Å². The molecule has 0 aliphatic heterocycles. The van der Waals surface area contributed by atoms with Crippen molar-refractivity contribution in [2.24, 2.45) is 0 Å². The predicted octanol–water partition coefficient (Wildman–Crippen LogP) is 3.06. The quantitative estimate of drug-likeness (QED) is 0.810. The zero-order valence-corrected chi connectivity index (χ0v) is 12.1. The highest BCUT2D eigenvalue weighted by molar-refractivity contribution is 7.11. The van der Waals surface area contributed by atoms with Crippen LogP contribution in [0.3, 0.4) is 0 Å². The molecule has 96 valence electrons. The Morgan fingerprint density at radius 1 is 1.44 bits per heavy atom. The second-order valence-electron chi connectivity index (χ2n) is 4.03. The average molecular weight is 284 g/mol. The number of hydrogen-bond donors (Lipinski definition) is 0. The van der Waals surface area contributed by atoms with Crippen molar-refractivity contribution in [2.75, 3.05) is 0 Å². The van der Waals surface area contributed by atoms with Crippen molar-refractivity contribution >= 4 is 28.7 Å². The second kappa shape index (κ2) is 5.20. The molecule has 0 unspecified atom stereocenters. The molecule has 0 fully saturated rings. The van der Waals surface area contributed by atoms with E-state index in [-0.39, 0.29) is 12.2 Å². The Balaban J connectivity index is 2.30. The normalized spacial score (nSPS) is 10.9. The molecule has 0 atom stereocenters. The van der Waals surface area contributed by atoms with Crippen LogP contribution in [0.2, 0.25) is 5.02 Å². The standard InChI is InChI=1S/C12H14ClN3OS/c1-4-16-9(11(13)7(2)15-16)5-10(17)12-8(3)14-6-18-12/h6H,4-5H2,1-3H3. The first-order valence-corrected chi connectivity index (χ1v) is 6.95. The van der Waals surface area contributed by atoms with E-state index in [9.17, 15) is 4.79 Å². The summed E-state index contributed by atoms with van der Waals surface area (Å²) in [7, 11) is 0. The van der Waals surface area contributed by atoms with Gasteiger partial charge in [0.05, 0.1) is 38.9 Å². The van der Waals surface area contributed by atoms with E-state index < -0.39 is 0 Å². The molecule has 0 amide bonds. The van der Waals surface area contributed by atoms with Crippen LogP contribution in [-0.4, -0.2) is 20.5 Å². The van der Waals surface area contributed by atoms with Crippen LogP contribution >= 0.6 is 22.9 Å². The molecule has 2 aromatic heterocycles. The molecule has 2 rings (SSSR count). The summed E-state index contributed by atoms with van der Waals surface area (Å²) in [6, 6.07) is 0. The molecule has 4 nitrogen and oxygen atoms in total. The average Bonchev–Trinajstić information content (AvgIpc) is 2.87. The number of Topliss-reactive ketones (excluding diaryl/α,β-unsaturated/α-hetero) is 1. The van der Waals surface area contributed by atoms with E-state index >= 15 is 0 Å². The van der Waals surface area contributed by atoms with Gasteiger partial charge in [0.25, 0.3) is 0 Å². The summed E-state index contributed by atoms with van der Waals surface area (Å²) in [5.74, 6) is 0.0477. The van der Waals surface area contributed by atoms with Gasteiger partial charge in [-0.25, -0.2) is 4.98 Å². The molecular formula is C12H14ClN3OS. The molecule has 2 aromatic rings. The van der Waals surface area contributed by atoms with Crippen LogP contribution in [-0.2, 0) is 13.0 Å². The zero-order valence-electron chi connectivity index (χ0n) is 10.5. The topological polar surface area (TPSA) is 47.8 Å². The van der Waals surface area contributed by atoms with Gasteiger partial charge in [0.1, 0.15) is 0 Å². The van der Waals surface area contributed by atoms with Crippen LogP contribution in [0.5, 0.6) is 0 Å². The third kappa shape index (κ3) is 2.33. The van der Waals surface area contributed by atoms with E-state index in [1.165, 1.54) is 11.3 Å². The predicted molar refractivity (Wildman–Crippen MR) is 72.5 cm³/mol. The van der Waals surface area contributed by atoms with Gasteiger partial charge in [0.2, 0.25) is 0 Å². The Kier molecular flexibility index (Phi) is 3.82. The first-order valence-electron chi connectivity index (χ1n) is 5.69. The summed E-state index contributed by atoms with van der Waals surface area (Å²) in [5, 5.41) is 4.90. The lowest BCUT2D eigenvalue weighted by Crippen LogP contribution is -2.10. The Morgan fingerprint density at radius 3 is 2.72 bits per heavy atom. The summed E-state index contributed by atoms with van der Waals surface area (Å²) in [6.07, 6.45) is 0.274. The molecule has 0 N–H and O–H groups in total. The van der Waals surface area contributed by atoms with E-state index in [2.05, 4.69) is 10.1 Å². The number of carbonyl (C=O) groups is 1. The number of carbonyl (C=O) groups excluding carboxylic acids is 1. The number of rotatable bonds is 4. The molecule has 6 heteroatoms. The van der Waals surface area contributed by atoms with E-state index in [0.29, 0.717) is 16.4 Å². The van der Waals surface area contributed by atoms with Crippen LogP contribution in [0.15, 0.2) is 5.51 Å². The highest BCUT2D eigenvalue weighted by Gasteiger charge is 2.19. The van der Waals surface area contributed by atoms with E-state index in [1.807, 2.05) is 20.8 Å². The van der Waals surface area contributed by atoms with Crippen molar-refractivity contribution in [3.05, 3.63) is 32.5 Å². The van der Waals surface area contributed by atoms with Gasteiger partial charge in [-0.15, -0.1) is 11.3 Å². The lowest BCUT2D eigenvalue weighted by atomic mass is 10.1. The maximum atomic E-state index is 12.2. The fourth-order valence-electron chi connectivity index (χ4n) is 1.84. The van der Waals surface area contributed by atoms with Crippen molar-refractivity contribution in [1.29, 1.82) is 0 Å². The van der Waals surface area contributed by atoms with Crippen molar-refractivity contribution in [3.8, 4) is 0 Å². The van der Waals surface area contributed by atoms with Gasteiger partial charge >= 0.3 is 0 Å². The molecule has 0 saturated heterocycles. The number of thiazole rings is 1. The molecule has 0 aliphatic carbocycles. The van der Waals surface area contributed by atoms with Gasteiger partial charge in [-0.3, -0.25) is 9.48 Å². The Morgan fingerprint density at radius 2 is 2.17 bits per heavy atom. The molecule has 2 heterocycles. The van der Waals surface area contributed by atoms with Crippen LogP contribution in [0.25, 0.3) is 0 Å². The first-order chi connectivity index (χ1) is 8.54. The Hall–Kier alpha value is -1.20. The van der Waals surface area contributed by atoms with Gasteiger partial charge in [-0.1, -0.05) is 11.6 Å². The van der Waals surface area contributed by atoms with Gasteiger partial charge in [0, 0.05) is 6.54 Å². The lowest BCUT2D eigenvalue weighted by Gasteiger charge is -2.04. The highest BCUT2D eigenvalue weighted by Crippen LogP contribution is 2.23. The SMILES string of the molecule is CCn1nc(C)c(Cl)c1CC(=O)c1scnc1C. The minimum atomic E-state index is 0.0477. The summed E-state index contributed by atoms with van der Waals surface area (Å²) in [6.45, 7) is 6.38. The fraction of sp³-hybridized carbons (Fsp3) is 0.417. The van der Waals surface area contributed by atoms with Gasteiger partial charge in [-0.2, -0.15) is 5.10 Å². The Bertz CT molecular complexity index is 588. The summed E-state index contributed by atoms with van der Waals surface area (Å²) in [4.78, 5) is 17.0. The monoisotopic (exact) mass is 283 g/mol. The lowest BCUT2D eigenvalue weighted by molar-refractivity contribution is 0.0993. The number of hydrogen-bond acceptors (Lipinski definition) is 4. The number of halogens is 1. The second-order valence-corrected chi connectivity index (χ2v) is 5.26. The first kappa shape index (κ1) is 13.2. The van der Waals surface area contributed by atoms with Crippen LogP contribution < -0.4 is 0 Å². The minimum Gasteiger partial charge on any atom is -0.293 e. The van der Waals surface area contributed by atoms with Crippen molar-refractivity contribution in [2.45, 2.75) is 33.7 Å². The molecule has 0 spiro atoms. The maximum absolute atomic E-state index is 12.2. The summed E-state index contributed by atoms with van der Waals surface area (Å²) >= 11 is 7.56. The minimum absolute atomic E-state index is 0.0477. The van der Waals surface area contributed by atoms with Gasteiger partial charge in [-0.05, 0) is 20.8 Å². The number of ketones is 1. The zero-order chi connectivity index (χ0) is 13.3. The number of aryl methyl sites for hydroxylation is 3. The largest absolute Gasteiger partial charge is 0.293 e. The highest BCUT2D eigenvalue weighted by atomic mass is 35.5. The van der Waals surface area contributed by atoms with Gasteiger partial charge in [0.15, 0.2) is 5.78 Å². The van der Waals surface area contributed by atoms with Crippen LogP contribution in [0, 0.1) is 13.8 Å². The number of aromatic nitrogens is 3. The van der Waals surface area contributed by atoms with Crippen molar-refractivity contribution in [1.82, 2.24) is 14.8 Å². The van der Waals surface area contributed by atoms with E-state index in [4.69, 9.17) is 11.6 Å². The van der Waals surface area contributed by atoms with E-state index in [1.54, 1.807) is 10.2 Å². The summed E-state index contributed by atoms with van der Waals surface area (Å²) < 4.78 is 1.78. The Labute approximate surface area is 115 Å². The third-order valence-electron chi connectivity index (χ3n) is 2.78. The molecule has 0 aliphatic rings. The molecule has 0 bridgehead atoms. The van der Waals surface area contributed by atoms with E-state index in [0.717, 1.165) is 17.1 Å². The molecule has 0 radical (unpaired) electrons. The smallest absolute Gasteiger partial charge is 0.180 e. The molecular weight excluding hydrogens is 270 g/mol. The molecule has 0 aromatic carbocycles. The fourth-order valence-corrected chi connectivity index (χ4v) is 2.79. The van der Waals surface area contributed by atoms with Crippen molar-refractivity contribution < 1.29 is 4.79 Å². The third-order valence-corrected chi connectivity index (χ3v) is 4.24. The van der Waals surface area contributed by atoms with Crippen LogP contribution in [0.1, 0.15) is 33.7 Å². The number of nitrogens with zero attached hydrogens (tertiary/aromatic N) is 3. The molecule has 18 heavy (non-hydrogen) atoms. The van der Waals surface area contributed by atoms with Crippen molar-refractivity contribution in [3.63, 3.8) is 0 Å². The van der Waals surface area contributed by atoms with Crippen LogP contribution in [0.4, 0.5) is 0 Å². The maximum Gasteiger partial charge on any atom is 0.180 e.